The Morgan fingerprint density at radius 1 is 1.12 bits per heavy atom. The smallest absolute Gasteiger partial charge is 0.222 e. The molecule has 0 aliphatic heterocycles. The minimum Gasteiger partial charge on any atom is -0.225 e. The summed E-state index contributed by atoms with van der Waals surface area (Å²) in [4.78, 5) is 8.26. The van der Waals surface area contributed by atoms with Crippen LogP contribution in [0.1, 0.15) is 0 Å². The summed E-state index contributed by atoms with van der Waals surface area (Å²) in [6.07, 6.45) is 1.77. The Balaban J connectivity index is 2.29. The number of halogens is 1. The van der Waals surface area contributed by atoms with Gasteiger partial charge >= 0.3 is 0 Å². The highest BCUT2D eigenvalue weighted by Crippen LogP contribution is 2.32. The van der Waals surface area contributed by atoms with E-state index < -0.39 is 0 Å². The normalized spacial score (nSPS) is 10.8. The molecule has 0 aliphatic rings. The van der Waals surface area contributed by atoms with Crippen molar-refractivity contribution in [3.8, 4) is 11.1 Å². The maximum atomic E-state index is 5.82. The fraction of sp³-hybridized carbons (Fsp3) is 0. The molecule has 3 rings (SSSR count). The van der Waals surface area contributed by atoms with Crippen molar-refractivity contribution in [1.29, 1.82) is 0 Å². The largest absolute Gasteiger partial charge is 0.225 e. The number of nitrogens with zero attached hydrogens (tertiary/aromatic N) is 2. The van der Waals surface area contributed by atoms with Crippen molar-refractivity contribution in [2.24, 2.45) is 0 Å². The van der Waals surface area contributed by atoms with Crippen molar-refractivity contribution in [1.82, 2.24) is 9.97 Å². The third-order valence-electron chi connectivity index (χ3n) is 2.37. The summed E-state index contributed by atoms with van der Waals surface area (Å²) < 4.78 is 1.06. The lowest BCUT2D eigenvalue weighted by molar-refractivity contribution is 1.23. The van der Waals surface area contributed by atoms with Gasteiger partial charge in [0, 0.05) is 17.1 Å². The zero-order chi connectivity index (χ0) is 11.0. The van der Waals surface area contributed by atoms with Crippen LogP contribution >= 0.6 is 22.9 Å². The fourth-order valence-corrected chi connectivity index (χ4v) is 2.64. The van der Waals surface area contributed by atoms with E-state index in [2.05, 4.69) is 27.5 Å². The maximum Gasteiger partial charge on any atom is 0.222 e. The summed E-state index contributed by atoms with van der Waals surface area (Å²) in [7, 11) is 0. The van der Waals surface area contributed by atoms with Gasteiger partial charge in [-0.1, -0.05) is 30.3 Å². The number of rotatable bonds is 1. The van der Waals surface area contributed by atoms with E-state index in [9.17, 15) is 0 Å². The second-order valence-corrected chi connectivity index (χ2v) is 4.62. The highest BCUT2D eigenvalue weighted by atomic mass is 35.5. The molecule has 16 heavy (non-hydrogen) atoms. The van der Waals surface area contributed by atoms with Gasteiger partial charge in [-0.3, -0.25) is 0 Å². The van der Waals surface area contributed by atoms with Crippen LogP contribution in [0.4, 0.5) is 0 Å². The van der Waals surface area contributed by atoms with Gasteiger partial charge in [-0.2, -0.15) is 0 Å². The Hall–Kier alpha value is -1.45. The number of benzene rings is 1. The molecule has 0 bridgehead atoms. The molecule has 0 unspecified atom stereocenters. The van der Waals surface area contributed by atoms with Crippen molar-refractivity contribution >= 4 is 33.2 Å². The highest BCUT2D eigenvalue weighted by Gasteiger charge is 2.08. The molecular weight excluding hydrogens is 240 g/mol. The van der Waals surface area contributed by atoms with Gasteiger partial charge in [0.15, 0.2) is 0 Å². The van der Waals surface area contributed by atoms with Gasteiger partial charge in [-0.05, 0) is 17.2 Å². The van der Waals surface area contributed by atoms with Crippen LogP contribution in [0.3, 0.4) is 0 Å². The predicted molar refractivity (Wildman–Crippen MR) is 67.9 cm³/mol. The Morgan fingerprint density at radius 3 is 2.75 bits per heavy atom. The average Bonchev–Trinajstić information content (AvgIpc) is 2.73. The van der Waals surface area contributed by atoms with Crippen LogP contribution in [0.2, 0.25) is 5.28 Å². The van der Waals surface area contributed by atoms with E-state index >= 15 is 0 Å². The van der Waals surface area contributed by atoms with Gasteiger partial charge in [-0.25, -0.2) is 9.97 Å². The number of hydrogen-bond donors (Lipinski definition) is 0. The van der Waals surface area contributed by atoms with Crippen LogP contribution in [0.25, 0.3) is 21.3 Å². The van der Waals surface area contributed by atoms with Crippen molar-refractivity contribution in [3.05, 3.63) is 47.2 Å². The average molecular weight is 247 g/mol. The molecule has 4 heteroatoms. The molecule has 0 saturated carbocycles. The topological polar surface area (TPSA) is 25.8 Å². The molecule has 1 aromatic carbocycles. The summed E-state index contributed by atoms with van der Waals surface area (Å²) in [5.74, 6) is 0. The molecule has 2 aromatic heterocycles. The zero-order valence-electron chi connectivity index (χ0n) is 8.22. The molecule has 2 nitrogen and oxygen atoms in total. The van der Waals surface area contributed by atoms with Gasteiger partial charge in [0.05, 0.1) is 10.2 Å². The first-order valence-corrected chi connectivity index (χ1v) is 6.05. The molecule has 0 amide bonds. The lowest BCUT2D eigenvalue weighted by Gasteiger charge is -1.98. The van der Waals surface area contributed by atoms with E-state index in [4.69, 9.17) is 11.6 Å². The minimum absolute atomic E-state index is 0.295. The molecule has 78 valence electrons. The maximum absolute atomic E-state index is 5.82. The quantitative estimate of drug-likeness (QED) is 0.607. The molecule has 0 N–H and O–H groups in total. The predicted octanol–water partition coefficient (Wildman–Crippen LogP) is 4.01. The third kappa shape index (κ3) is 1.58. The van der Waals surface area contributed by atoms with Crippen LogP contribution in [0, 0.1) is 0 Å². The number of aromatic nitrogens is 2. The first-order chi connectivity index (χ1) is 7.84. The highest BCUT2D eigenvalue weighted by molar-refractivity contribution is 7.17. The van der Waals surface area contributed by atoms with E-state index in [0.717, 1.165) is 21.3 Å². The van der Waals surface area contributed by atoms with Crippen molar-refractivity contribution in [2.75, 3.05) is 0 Å². The van der Waals surface area contributed by atoms with Gasteiger partial charge in [0.2, 0.25) is 5.28 Å². The van der Waals surface area contributed by atoms with Crippen molar-refractivity contribution in [2.45, 2.75) is 0 Å². The molecule has 0 aliphatic carbocycles. The minimum atomic E-state index is 0.295. The van der Waals surface area contributed by atoms with Crippen molar-refractivity contribution < 1.29 is 0 Å². The lowest BCUT2D eigenvalue weighted by atomic mass is 10.1. The number of fused-ring (bicyclic) bond motifs is 1. The SMILES string of the molecule is Clc1ncc2scc(-c3ccccc3)c2n1. The summed E-state index contributed by atoms with van der Waals surface area (Å²) in [6, 6.07) is 10.2. The Labute approximate surface area is 102 Å². The number of thiophene rings is 1. The van der Waals surface area contributed by atoms with E-state index in [0.29, 0.717) is 5.28 Å². The Bertz CT molecular complexity index is 634. The standard InChI is InChI=1S/C12H7ClN2S/c13-12-14-6-10-11(15-12)9(7-16-10)8-4-2-1-3-5-8/h1-7H. The van der Waals surface area contributed by atoms with Crippen LogP contribution in [0.5, 0.6) is 0 Å². The molecule has 0 spiro atoms. The molecule has 0 fully saturated rings. The number of hydrogen-bond acceptors (Lipinski definition) is 3. The fourth-order valence-electron chi connectivity index (χ4n) is 1.63. The van der Waals surface area contributed by atoms with E-state index in [1.54, 1.807) is 17.5 Å². The second-order valence-electron chi connectivity index (χ2n) is 3.37. The van der Waals surface area contributed by atoms with Crippen LogP contribution in [-0.4, -0.2) is 9.97 Å². The van der Waals surface area contributed by atoms with E-state index in [1.807, 2.05) is 18.2 Å². The van der Waals surface area contributed by atoms with E-state index in [1.165, 1.54) is 0 Å². The van der Waals surface area contributed by atoms with Gasteiger partial charge in [0.25, 0.3) is 0 Å². The summed E-state index contributed by atoms with van der Waals surface area (Å²) in [6.45, 7) is 0. The Kier molecular flexibility index (Phi) is 2.35. The summed E-state index contributed by atoms with van der Waals surface area (Å²) in [5, 5.41) is 2.38. The van der Waals surface area contributed by atoms with Crippen molar-refractivity contribution in [3.63, 3.8) is 0 Å². The lowest BCUT2D eigenvalue weighted by Crippen LogP contribution is -1.82. The summed E-state index contributed by atoms with van der Waals surface area (Å²) >= 11 is 7.45. The van der Waals surface area contributed by atoms with Gasteiger partial charge in [0.1, 0.15) is 0 Å². The van der Waals surface area contributed by atoms with Gasteiger partial charge in [-0.15, -0.1) is 11.3 Å². The molecule has 0 atom stereocenters. The molecule has 3 aromatic rings. The first kappa shape index (κ1) is 9.75. The first-order valence-electron chi connectivity index (χ1n) is 4.80. The molecule has 0 saturated heterocycles. The monoisotopic (exact) mass is 246 g/mol. The van der Waals surface area contributed by atoms with Crippen LogP contribution in [-0.2, 0) is 0 Å². The van der Waals surface area contributed by atoms with Crippen LogP contribution < -0.4 is 0 Å². The summed E-state index contributed by atoms with van der Waals surface area (Å²) in [5.41, 5.74) is 3.20. The molecule has 2 heterocycles. The third-order valence-corrected chi connectivity index (χ3v) is 3.46. The zero-order valence-corrected chi connectivity index (χ0v) is 9.79. The van der Waals surface area contributed by atoms with Gasteiger partial charge < -0.3 is 0 Å². The Morgan fingerprint density at radius 2 is 1.94 bits per heavy atom. The second kappa shape index (κ2) is 3.85. The van der Waals surface area contributed by atoms with Crippen LogP contribution in [0.15, 0.2) is 41.9 Å². The van der Waals surface area contributed by atoms with E-state index in [-0.39, 0.29) is 0 Å². The molecule has 0 radical (unpaired) electrons. The molecular formula is C12H7ClN2S.